The Morgan fingerprint density at radius 2 is 2.10 bits per heavy atom. The van der Waals surface area contributed by atoms with Gasteiger partial charge in [-0.3, -0.25) is 4.90 Å². The van der Waals surface area contributed by atoms with Gasteiger partial charge in [-0.2, -0.15) is 0 Å². The van der Waals surface area contributed by atoms with Crippen molar-refractivity contribution < 1.29 is 19.7 Å². The quantitative estimate of drug-likeness (QED) is 0.721. The molecule has 1 spiro atoms. The van der Waals surface area contributed by atoms with Crippen LogP contribution in [0.2, 0.25) is 0 Å². The van der Waals surface area contributed by atoms with Crippen LogP contribution in [0.15, 0.2) is 12.1 Å². The minimum atomic E-state index is -0.829. The zero-order valence-corrected chi connectivity index (χ0v) is 17.4. The first-order valence-electron chi connectivity index (χ1n) is 11.7. The molecule has 0 radical (unpaired) electrons. The Morgan fingerprint density at radius 1 is 1.24 bits per heavy atom. The number of nitrogens with zero attached hydrogens (tertiary/aromatic N) is 1. The summed E-state index contributed by atoms with van der Waals surface area (Å²) in [6.07, 6.45) is 6.84. The summed E-state index contributed by atoms with van der Waals surface area (Å²) >= 11 is 0. The maximum Gasteiger partial charge on any atom is 0.166 e. The third kappa shape index (κ3) is 2.38. The van der Waals surface area contributed by atoms with Crippen LogP contribution in [0.1, 0.15) is 63.0 Å². The largest absolute Gasteiger partial charge is 0.490 e. The molecule has 2 bridgehead atoms. The molecule has 0 amide bonds. The number of ether oxygens (including phenoxy) is 2. The number of piperidine rings is 1. The van der Waals surface area contributed by atoms with Crippen LogP contribution in [0.3, 0.4) is 0 Å². The molecule has 1 saturated heterocycles. The predicted molar refractivity (Wildman–Crippen MR) is 110 cm³/mol. The van der Waals surface area contributed by atoms with E-state index in [1.165, 1.54) is 18.4 Å². The summed E-state index contributed by atoms with van der Waals surface area (Å²) in [5, 5.41) is 23.2. The zero-order chi connectivity index (χ0) is 19.8. The highest BCUT2D eigenvalue weighted by molar-refractivity contribution is 5.63. The van der Waals surface area contributed by atoms with E-state index in [-0.39, 0.29) is 12.1 Å². The van der Waals surface area contributed by atoms with Crippen molar-refractivity contribution in [2.45, 2.75) is 87.6 Å². The number of hydrogen-bond acceptors (Lipinski definition) is 5. The molecule has 1 aromatic rings. The van der Waals surface area contributed by atoms with Crippen LogP contribution in [0.4, 0.5) is 0 Å². The Morgan fingerprint density at radius 3 is 2.90 bits per heavy atom. The monoisotopic (exact) mass is 399 g/mol. The summed E-state index contributed by atoms with van der Waals surface area (Å²) in [6, 6.07) is 4.37. The van der Waals surface area contributed by atoms with Crippen molar-refractivity contribution in [1.82, 2.24) is 4.90 Å². The highest BCUT2D eigenvalue weighted by Crippen LogP contribution is 2.65. The van der Waals surface area contributed by atoms with Crippen molar-refractivity contribution in [3.05, 3.63) is 23.3 Å². The van der Waals surface area contributed by atoms with Gasteiger partial charge in [0.05, 0.1) is 23.7 Å². The molecule has 1 unspecified atom stereocenters. The van der Waals surface area contributed by atoms with Crippen LogP contribution in [0.5, 0.6) is 11.5 Å². The average molecular weight is 400 g/mol. The molecule has 5 atom stereocenters. The lowest BCUT2D eigenvalue weighted by molar-refractivity contribution is -0.208. The van der Waals surface area contributed by atoms with Crippen molar-refractivity contribution in [2.24, 2.45) is 5.92 Å². The van der Waals surface area contributed by atoms with Crippen LogP contribution in [-0.4, -0.2) is 58.7 Å². The summed E-state index contributed by atoms with van der Waals surface area (Å²) in [4.78, 5) is 2.56. The Bertz CT molecular complexity index is 823. The predicted octanol–water partition coefficient (Wildman–Crippen LogP) is 2.79. The smallest absolute Gasteiger partial charge is 0.166 e. The van der Waals surface area contributed by atoms with E-state index >= 15 is 0 Å². The second kappa shape index (κ2) is 6.35. The van der Waals surface area contributed by atoms with Crippen molar-refractivity contribution in [3.63, 3.8) is 0 Å². The van der Waals surface area contributed by atoms with Gasteiger partial charge in [0.25, 0.3) is 0 Å². The fourth-order valence-corrected chi connectivity index (χ4v) is 6.88. The molecule has 1 aromatic carbocycles. The second-order valence-corrected chi connectivity index (χ2v) is 10.1. The minimum Gasteiger partial charge on any atom is -0.490 e. The van der Waals surface area contributed by atoms with Gasteiger partial charge in [0.2, 0.25) is 0 Å². The molecule has 2 heterocycles. The molecule has 5 nitrogen and oxygen atoms in total. The summed E-state index contributed by atoms with van der Waals surface area (Å²) in [5.74, 6) is 2.40. The van der Waals surface area contributed by atoms with E-state index in [1.807, 2.05) is 0 Å². The summed E-state index contributed by atoms with van der Waals surface area (Å²) < 4.78 is 12.6. The third-order valence-corrected chi connectivity index (χ3v) is 8.47. The van der Waals surface area contributed by atoms with Crippen LogP contribution < -0.4 is 9.47 Å². The molecule has 29 heavy (non-hydrogen) atoms. The molecular formula is C24H33NO4. The van der Waals surface area contributed by atoms with Gasteiger partial charge >= 0.3 is 0 Å². The molecule has 0 aromatic heterocycles. The Kier molecular flexibility index (Phi) is 4.04. The number of rotatable bonds is 6. The van der Waals surface area contributed by atoms with Crippen LogP contribution in [0.25, 0.3) is 0 Å². The Balaban J connectivity index is 1.46. The molecule has 5 aliphatic rings. The molecule has 5 heteroatoms. The van der Waals surface area contributed by atoms with Gasteiger partial charge < -0.3 is 19.7 Å². The topological polar surface area (TPSA) is 62.2 Å². The number of aliphatic hydroxyl groups is 2. The highest BCUT2D eigenvalue weighted by atomic mass is 16.5. The lowest BCUT2D eigenvalue weighted by Crippen LogP contribution is -2.77. The van der Waals surface area contributed by atoms with Gasteiger partial charge in [-0.05, 0) is 69.0 Å². The van der Waals surface area contributed by atoms with Gasteiger partial charge in [0.1, 0.15) is 6.10 Å². The van der Waals surface area contributed by atoms with E-state index in [0.29, 0.717) is 19.4 Å². The second-order valence-electron chi connectivity index (χ2n) is 10.1. The van der Waals surface area contributed by atoms with Crippen LogP contribution >= 0.6 is 0 Å². The molecule has 3 fully saturated rings. The van der Waals surface area contributed by atoms with Crippen LogP contribution in [-0.2, 0) is 11.8 Å². The molecule has 158 valence electrons. The van der Waals surface area contributed by atoms with Crippen molar-refractivity contribution in [1.29, 1.82) is 0 Å². The van der Waals surface area contributed by atoms with E-state index in [0.717, 1.165) is 61.8 Å². The number of likely N-dealkylation sites (tertiary alicyclic amines) is 1. The lowest BCUT2D eigenvalue weighted by Gasteiger charge is -2.63. The van der Waals surface area contributed by atoms with Crippen molar-refractivity contribution in [2.75, 3.05) is 19.7 Å². The SMILES string of the molecule is CCCCOc1ccc2c3c1O[C@H]1C(O)CC[C@@]4(O)[C@@H](C2)N(CC2CC2)CC[C@]314. The summed E-state index contributed by atoms with van der Waals surface area (Å²) in [6.45, 7) is 4.92. The minimum absolute atomic E-state index is 0.126. The number of hydrogen-bond donors (Lipinski definition) is 2. The molecule has 2 N–H and O–H groups in total. The van der Waals surface area contributed by atoms with E-state index in [1.54, 1.807) is 0 Å². The third-order valence-electron chi connectivity index (χ3n) is 8.47. The van der Waals surface area contributed by atoms with Gasteiger partial charge in [-0.15, -0.1) is 0 Å². The Labute approximate surface area is 173 Å². The van der Waals surface area contributed by atoms with Crippen LogP contribution in [0, 0.1) is 5.92 Å². The average Bonchev–Trinajstić information content (AvgIpc) is 3.45. The van der Waals surface area contributed by atoms with Gasteiger partial charge in [0.15, 0.2) is 11.5 Å². The fourth-order valence-electron chi connectivity index (χ4n) is 6.88. The first-order chi connectivity index (χ1) is 14.1. The van der Waals surface area contributed by atoms with Crippen molar-refractivity contribution >= 4 is 0 Å². The molecule has 2 aliphatic heterocycles. The van der Waals surface area contributed by atoms with E-state index < -0.39 is 17.1 Å². The summed E-state index contributed by atoms with van der Waals surface area (Å²) in [7, 11) is 0. The first kappa shape index (κ1) is 18.5. The number of unbranched alkanes of at least 4 members (excludes halogenated alkanes) is 1. The van der Waals surface area contributed by atoms with E-state index in [4.69, 9.17) is 9.47 Å². The van der Waals surface area contributed by atoms with Crippen molar-refractivity contribution in [3.8, 4) is 11.5 Å². The van der Waals surface area contributed by atoms with Gasteiger partial charge in [-0.1, -0.05) is 19.4 Å². The number of benzene rings is 1. The van der Waals surface area contributed by atoms with E-state index in [9.17, 15) is 10.2 Å². The maximum atomic E-state index is 12.3. The van der Waals surface area contributed by atoms with Gasteiger partial charge in [0, 0.05) is 18.2 Å². The van der Waals surface area contributed by atoms with Gasteiger partial charge in [-0.25, -0.2) is 0 Å². The van der Waals surface area contributed by atoms with E-state index in [2.05, 4.69) is 24.0 Å². The lowest BCUT2D eigenvalue weighted by atomic mass is 9.48. The highest BCUT2D eigenvalue weighted by Gasteiger charge is 2.73. The molecular weight excluding hydrogens is 366 g/mol. The normalized spacial score (nSPS) is 39.8. The standard InChI is InChI=1S/C24H33NO4/c1-2-3-12-28-18-7-6-16-13-19-24(27)9-8-17(26)22-23(24,20(16)21(18)29-22)10-11-25(19)14-15-4-5-15/h6-7,15,17,19,22,26-27H,2-5,8-14H2,1H3/t17?,19-,22+,23+,24-/m1/s1. The molecule has 2 saturated carbocycles. The Hall–Kier alpha value is -1.30. The first-order valence-corrected chi connectivity index (χ1v) is 11.7. The molecule has 6 rings (SSSR count). The summed E-state index contributed by atoms with van der Waals surface area (Å²) in [5.41, 5.74) is 1.11. The number of aliphatic hydroxyl groups excluding tert-OH is 1. The zero-order valence-electron chi connectivity index (χ0n) is 17.4. The molecule has 3 aliphatic carbocycles. The fraction of sp³-hybridized carbons (Fsp3) is 0.750. The maximum absolute atomic E-state index is 12.3.